The number of hydrogen-bond donors (Lipinski definition) is 0. The largest absolute Gasteiger partial charge is 0.324 e. The molecule has 2 aromatic carbocycles. The van der Waals surface area contributed by atoms with E-state index in [0.29, 0.717) is 11.3 Å². The van der Waals surface area contributed by atoms with Gasteiger partial charge in [-0.1, -0.05) is 33.8 Å². The molecule has 4 rings (SSSR count). The van der Waals surface area contributed by atoms with Gasteiger partial charge in [-0.3, -0.25) is 0 Å². The summed E-state index contributed by atoms with van der Waals surface area (Å²) in [6, 6.07) is 18.9. The summed E-state index contributed by atoms with van der Waals surface area (Å²) in [5.41, 5.74) is 7.83. The Morgan fingerprint density at radius 3 is 2.03 bits per heavy atom. The first-order valence-electron chi connectivity index (χ1n) is 11.6. The van der Waals surface area contributed by atoms with E-state index >= 15 is 0 Å². The Hall–Kier alpha value is -4.09. The summed E-state index contributed by atoms with van der Waals surface area (Å²) in [7, 11) is 1.92. The minimum absolute atomic E-state index is 0.264. The van der Waals surface area contributed by atoms with Crippen molar-refractivity contribution < 1.29 is 4.57 Å². The van der Waals surface area contributed by atoms with E-state index in [1.54, 1.807) is 0 Å². The molecule has 0 amide bonds. The average Bonchev–Trinajstić information content (AvgIpc) is 3.46. The number of nitriles is 2. The maximum atomic E-state index is 9.91. The second-order valence-corrected chi connectivity index (χ2v) is 9.39. The summed E-state index contributed by atoms with van der Waals surface area (Å²) in [6.07, 6.45) is 6.06. The molecule has 2 aromatic heterocycles. The Morgan fingerprint density at radius 2 is 1.50 bits per heavy atom. The number of aryl methyl sites for hydroxylation is 1. The number of hydrogen-bond acceptors (Lipinski definition) is 2. The molecular weight excluding hydrogens is 418 g/mol. The van der Waals surface area contributed by atoms with Gasteiger partial charge in [0.2, 0.25) is 5.69 Å². The summed E-state index contributed by atoms with van der Waals surface area (Å²) < 4.78 is 6.23. The van der Waals surface area contributed by atoms with Crippen LogP contribution in [0.2, 0.25) is 0 Å². The summed E-state index contributed by atoms with van der Waals surface area (Å²) in [4.78, 5) is 0. The Morgan fingerprint density at radius 1 is 0.882 bits per heavy atom. The van der Waals surface area contributed by atoms with Gasteiger partial charge < -0.3 is 4.57 Å². The van der Waals surface area contributed by atoms with E-state index < -0.39 is 0 Å². The van der Waals surface area contributed by atoms with Gasteiger partial charge in [-0.05, 0) is 60.7 Å². The lowest BCUT2D eigenvalue weighted by Gasteiger charge is -2.20. The standard InChI is InChI=1S/C29H30N5/c1-19(2)25-14-23(33-11-7-8-12-33)15-26(20(3)4)28(25)34-18-24(17-31)32(6)29(34)27-13-22(16-30)10-9-21(27)5/h7-15,18-20H,1-6H3/q+1. The summed E-state index contributed by atoms with van der Waals surface area (Å²) in [6.45, 7) is 10.9. The fraction of sp³-hybridized carbons (Fsp3) is 0.276. The lowest BCUT2D eigenvalue weighted by Crippen LogP contribution is -2.33. The molecule has 5 heteroatoms. The minimum atomic E-state index is 0.264. The number of aromatic nitrogens is 3. The molecule has 0 aliphatic rings. The van der Waals surface area contributed by atoms with Gasteiger partial charge in [0.15, 0.2) is 6.20 Å². The van der Waals surface area contributed by atoms with Crippen molar-refractivity contribution in [3.63, 3.8) is 0 Å². The van der Waals surface area contributed by atoms with E-state index in [0.717, 1.165) is 28.3 Å². The number of nitrogens with zero attached hydrogens (tertiary/aromatic N) is 5. The highest BCUT2D eigenvalue weighted by molar-refractivity contribution is 5.66. The zero-order valence-corrected chi connectivity index (χ0v) is 20.7. The Balaban J connectivity index is 2.12. The quantitative estimate of drug-likeness (QED) is 0.349. The molecule has 0 aliphatic heterocycles. The van der Waals surface area contributed by atoms with Crippen molar-refractivity contribution in [2.75, 3.05) is 0 Å². The van der Waals surface area contributed by atoms with E-state index in [1.165, 1.54) is 11.1 Å². The lowest BCUT2D eigenvalue weighted by molar-refractivity contribution is -0.661. The number of imidazole rings is 1. The van der Waals surface area contributed by atoms with Gasteiger partial charge in [0.25, 0.3) is 5.82 Å². The lowest BCUT2D eigenvalue weighted by atomic mass is 9.91. The van der Waals surface area contributed by atoms with Crippen molar-refractivity contribution >= 4 is 0 Å². The van der Waals surface area contributed by atoms with E-state index in [-0.39, 0.29) is 11.8 Å². The van der Waals surface area contributed by atoms with Crippen molar-refractivity contribution in [1.29, 1.82) is 10.5 Å². The third-order valence-electron chi connectivity index (χ3n) is 6.42. The predicted molar refractivity (Wildman–Crippen MR) is 134 cm³/mol. The van der Waals surface area contributed by atoms with Crippen molar-refractivity contribution in [3.05, 3.63) is 89.0 Å². The Labute approximate surface area is 201 Å². The maximum absolute atomic E-state index is 9.91. The molecule has 34 heavy (non-hydrogen) atoms. The van der Waals surface area contributed by atoms with Crippen LogP contribution in [0.3, 0.4) is 0 Å². The van der Waals surface area contributed by atoms with Crippen LogP contribution in [-0.4, -0.2) is 9.13 Å². The van der Waals surface area contributed by atoms with Gasteiger partial charge in [-0.2, -0.15) is 15.1 Å². The van der Waals surface area contributed by atoms with Gasteiger partial charge >= 0.3 is 0 Å². The number of rotatable bonds is 5. The van der Waals surface area contributed by atoms with Crippen LogP contribution >= 0.6 is 0 Å². The molecule has 2 heterocycles. The SMILES string of the molecule is Cc1ccc(C#N)cc1-c1n(-c2c(C(C)C)cc(-n3cccc3)cc2C(C)C)cc(C#N)[n+]1C. The summed E-state index contributed by atoms with van der Waals surface area (Å²) in [5, 5.41) is 19.4. The van der Waals surface area contributed by atoms with Crippen LogP contribution < -0.4 is 4.57 Å². The Kier molecular flexibility index (Phi) is 6.14. The third kappa shape index (κ3) is 3.91. The van der Waals surface area contributed by atoms with Crippen molar-refractivity contribution in [2.24, 2.45) is 7.05 Å². The topological polar surface area (TPSA) is 61.3 Å². The van der Waals surface area contributed by atoms with Crippen LogP contribution in [0.15, 0.2) is 61.1 Å². The van der Waals surface area contributed by atoms with Gasteiger partial charge in [-0.25, -0.2) is 4.57 Å². The smallest absolute Gasteiger partial charge is 0.295 e. The minimum Gasteiger partial charge on any atom is -0.324 e. The first-order valence-corrected chi connectivity index (χ1v) is 11.6. The van der Waals surface area contributed by atoms with Crippen LogP contribution in [0, 0.1) is 29.6 Å². The van der Waals surface area contributed by atoms with Gasteiger partial charge in [0.05, 0.1) is 24.2 Å². The van der Waals surface area contributed by atoms with Crippen LogP contribution in [0.4, 0.5) is 0 Å². The molecule has 0 aliphatic carbocycles. The predicted octanol–water partition coefficient (Wildman–Crippen LogP) is 6.06. The highest BCUT2D eigenvalue weighted by atomic mass is 15.2. The molecule has 0 saturated heterocycles. The zero-order chi connectivity index (χ0) is 24.6. The first kappa shape index (κ1) is 23.1. The fourth-order valence-electron chi connectivity index (χ4n) is 4.54. The molecule has 0 fully saturated rings. The van der Waals surface area contributed by atoms with Crippen molar-refractivity contribution in [1.82, 2.24) is 9.13 Å². The molecule has 5 nitrogen and oxygen atoms in total. The molecule has 0 N–H and O–H groups in total. The van der Waals surface area contributed by atoms with Gasteiger partial charge in [0, 0.05) is 29.2 Å². The van der Waals surface area contributed by atoms with E-state index in [1.807, 2.05) is 55.1 Å². The molecule has 170 valence electrons. The Bertz CT molecular complexity index is 1410. The van der Waals surface area contributed by atoms with E-state index in [9.17, 15) is 10.5 Å². The molecule has 0 atom stereocenters. The van der Waals surface area contributed by atoms with E-state index in [4.69, 9.17) is 0 Å². The third-order valence-corrected chi connectivity index (χ3v) is 6.42. The first-order chi connectivity index (χ1) is 16.3. The highest BCUT2D eigenvalue weighted by Gasteiger charge is 2.30. The second kappa shape index (κ2) is 9.04. The summed E-state index contributed by atoms with van der Waals surface area (Å²) >= 11 is 0. The highest BCUT2D eigenvalue weighted by Crippen LogP contribution is 2.36. The molecule has 0 unspecified atom stereocenters. The molecule has 0 radical (unpaired) electrons. The van der Waals surface area contributed by atoms with Gasteiger partial charge in [0.1, 0.15) is 11.8 Å². The second-order valence-electron chi connectivity index (χ2n) is 9.39. The van der Waals surface area contributed by atoms with Crippen LogP contribution in [-0.2, 0) is 7.05 Å². The average molecular weight is 449 g/mol. The zero-order valence-electron chi connectivity index (χ0n) is 20.7. The van der Waals surface area contributed by atoms with Crippen LogP contribution in [0.25, 0.3) is 22.8 Å². The summed E-state index contributed by atoms with van der Waals surface area (Å²) in [5.74, 6) is 1.42. The van der Waals surface area contributed by atoms with Gasteiger partial charge in [-0.15, -0.1) is 0 Å². The molecule has 0 saturated carbocycles. The molecule has 4 aromatic rings. The van der Waals surface area contributed by atoms with Crippen LogP contribution in [0.5, 0.6) is 0 Å². The molecule has 0 spiro atoms. The monoisotopic (exact) mass is 448 g/mol. The normalized spacial score (nSPS) is 11.1. The molecular formula is C29H30N5+. The van der Waals surface area contributed by atoms with E-state index in [2.05, 4.69) is 73.5 Å². The number of benzene rings is 2. The molecule has 0 bridgehead atoms. The van der Waals surface area contributed by atoms with Crippen LogP contribution in [0.1, 0.15) is 67.5 Å². The maximum Gasteiger partial charge on any atom is 0.295 e. The van der Waals surface area contributed by atoms with Crippen molar-refractivity contribution in [2.45, 2.75) is 46.5 Å². The fourth-order valence-corrected chi connectivity index (χ4v) is 4.54. The van der Waals surface area contributed by atoms with Crippen molar-refractivity contribution in [3.8, 4) is 34.9 Å².